The van der Waals surface area contributed by atoms with E-state index in [1.807, 2.05) is 30.3 Å². The molecule has 0 aromatic heterocycles. The number of ether oxygens (including phenoxy) is 1. The van der Waals surface area contributed by atoms with E-state index in [1.165, 1.54) is 7.11 Å². The fraction of sp³-hybridized carbons (Fsp3) is 0.385. The number of hydrogen-bond acceptors (Lipinski definition) is 3. The van der Waals surface area contributed by atoms with Crippen molar-refractivity contribution >= 4 is 11.9 Å². The number of rotatable bonds is 7. The Morgan fingerprint density at radius 3 is 2.56 bits per heavy atom. The summed E-state index contributed by atoms with van der Waals surface area (Å²) in [5, 5.41) is 11.1. The van der Waals surface area contributed by atoms with E-state index in [9.17, 15) is 9.59 Å². The van der Waals surface area contributed by atoms with Crippen molar-refractivity contribution in [2.45, 2.75) is 18.9 Å². The summed E-state index contributed by atoms with van der Waals surface area (Å²) in [5.74, 6) is -1.12. The van der Waals surface area contributed by atoms with Crippen molar-refractivity contribution in [3.63, 3.8) is 0 Å². The van der Waals surface area contributed by atoms with Crippen LogP contribution in [0.5, 0.6) is 0 Å². The minimum atomic E-state index is -0.865. The van der Waals surface area contributed by atoms with Gasteiger partial charge in [0, 0.05) is 20.1 Å². The maximum absolute atomic E-state index is 11.8. The lowest BCUT2D eigenvalue weighted by Gasteiger charge is -2.15. The molecule has 1 aromatic carbocycles. The zero-order valence-electron chi connectivity index (χ0n) is 10.3. The number of carbonyl (C=O) groups excluding carboxylic acids is 1. The Bertz CT molecular complexity index is 391. The highest BCUT2D eigenvalue weighted by molar-refractivity contribution is 5.82. The Morgan fingerprint density at radius 2 is 2.00 bits per heavy atom. The molecule has 0 unspecified atom stereocenters. The summed E-state index contributed by atoms with van der Waals surface area (Å²) < 4.78 is 5.15. The second kappa shape index (κ2) is 7.45. The van der Waals surface area contributed by atoms with Gasteiger partial charge in [-0.05, 0) is 12.0 Å². The number of benzene rings is 1. The van der Waals surface area contributed by atoms with E-state index in [1.54, 1.807) is 0 Å². The zero-order chi connectivity index (χ0) is 13.4. The smallest absolute Gasteiger partial charge is 0.303 e. The molecule has 0 radical (unpaired) electrons. The van der Waals surface area contributed by atoms with E-state index in [0.29, 0.717) is 13.0 Å². The maximum Gasteiger partial charge on any atom is 0.303 e. The minimum absolute atomic E-state index is 0.0449. The van der Waals surface area contributed by atoms with E-state index in [0.717, 1.165) is 5.56 Å². The molecule has 2 N–H and O–H groups in total. The number of methoxy groups -OCH3 is 1. The molecule has 0 heterocycles. The first-order valence-corrected chi connectivity index (χ1v) is 5.72. The molecule has 0 fully saturated rings. The Hall–Kier alpha value is -1.88. The Balaban J connectivity index is 2.46. The lowest BCUT2D eigenvalue weighted by molar-refractivity contribution is -0.137. The van der Waals surface area contributed by atoms with Crippen LogP contribution in [0.15, 0.2) is 30.3 Å². The van der Waals surface area contributed by atoms with Crippen molar-refractivity contribution in [3.05, 3.63) is 35.9 Å². The molecule has 0 saturated carbocycles. The van der Waals surface area contributed by atoms with Gasteiger partial charge in [-0.3, -0.25) is 9.59 Å². The largest absolute Gasteiger partial charge is 0.481 e. The number of amides is 1. The van der Waals surface area contributed by atoms with E-state index in [4.69, 9.17) is 9.84 Å². The molecule has 18 heavy (non-hydrogen) atoms. The number of carboxylic acid groups (broad SMARTS) is 1. The topological polar surface area (TPSA) is 75.6 Å². The number of hydrogen-bond donors (Lipinski definition) is 2. The van der Waals surface area contributed by atoms with E-state index >= 15 is 0 Å². The zero-order valence-corrected chi connectivity index (χ0v) is 10.3. The quantitative estimate of drug-likeness (QED) is 0.717. The summed E-state index contributed by atoms with van der Waals surface area (Å²) in [6.45, 7) is 0.331. The van der Waals surface area contributed by atoms with Gasteiger partial charge in [0.15, 0.2) is 6.10 Å². The molecule has 5 heteroatoms. The SMILES string of the molecule is CO[C@@H](C(=O)NCCCC(=O)O)c1ccccc1. The lowest BCUT2D eigenvalue weighted by atomic mass is 10.1. The van der Waals surface area contributed by atoms with Gasteiger partial charge < -0.3 is 15.2 Å². The van der Waals surface area contributed by atoms with Crippen LogP contribution >= 0.6 is 0 Å². The van der Waals surface area contributed by atoms with Crippen LogP contribution < -0.4 is 5.32 Å². The molecule has 0 aliphatic heterocycles. The maximum atomic E-state index is 11.8. The fourth-order valence-electron chi connectivity index (χ4n) is 1.57. The molecular formula is C13H17NO4. The number of carbonyl (C=O) groups is 2. The standard InChI is InChI=1S/C13H17NO4/c1-18-12(10-6-3-2-4-7-10)13(17)14-9-5-8-11(15)16/h2-4,6-7,12H,5,8-9H2,1H3,(H,14,17)(H,15,16)/t12-/m1/s1. The highest BCUT2D eigenvalue weighted by Crippen LogP contribution is 2.15. The van der Waals surface area contributed by atoms with Crippen molar-refractivity contribution in [3.8, 4) is 0 Å². The molecule has 98 valence electrons. The van der Waals surface area contributed by atoms with Crippen LogP contribution in [0.2, 0.25) is 0 Å². The minimum Gasteiger partial charge on any atom is -0.481 e. The van der Waals surface area contributed by atoms with E-state index < -0.39 is 12.1 Å². The molecule has 0 spiro atoms. The molecule has 1 rings (SSSR count). The summed E-state index contributed by atoms with van der Waals surface area (Å²) in [6, 6.07) is 9.15. The second-order valence-corrected chi connectivity index (χ2v) is 3.81. The third kappa shape index (κ3) is 4.55. The molecule has 5 nitrogen and oxygen atoms in total. The highest BCUT2D eigenvalue weighted by Gasteiger charge is 2.18. The Kier molecular flexibility index (Phi) is 5.87. The summed E-state index contributed by atoms with van der Waals surface area (Å²) in [6.07, 6.45) is -0.203. The van der Waals surface area contributed by atoms with Gasteiger partial charge in [0.2, 0.25) is 0 Å². The van der Waals surface area contributed by atoms with E-state index in [-0.39, 0.29) is 12.3 Å². The first-order chi connectivity index (χ1) is 8.65. The molecule has 0 saturated heterocycles. The fourth-order valence-corrected chi connectivity index (χ4v) is 1.57. The lowest BCUT2D eigenvalue weighted by Crippen LogP contribution is -2.31. The summed E-state index contributed by atoms with van der Waals surface area (Å²) in [5.41, 5.74) is 0.774. The number of carboxylic acids is 1. The summed E-state index contributed by atoms with van der Waals surface area (Å²) in [4.78, 5) is 22.2. The van der Waals surface area contributed by atoms with Gasteiger partial charge in [-0.15, -0.1) is 0 Å². The van der Waals surface area contributed by atoms with Gasteiger partial charge in [0.25, 0.3) is 5.91 Å². The van der Waals surface area contributed by atoms with Crippen LogP contribution in [-0.4, -0.2) is 30.6 Å². The summed E-state index contributed by atoms with van der Waals surface area (Å²) >= 11 is 0. The third-order valence-corrected chi connectivity index (χ3v) is 2.44. The molecule has 1 amide bonds. The molecule has 1 aromatic rings. The van der Waals surface area contributed by atoms with Crippen molar-refractivity contribution in [2.75, 3.05) is 13.7 Å². The van der Waals surface area contributed by atoms with Crippen molar-refractivity contribution in [2.24, 2.45) is 0 Å². The van der Waals surface area contributed by atoms with Crippen LogP contribution in [0.4, 0.5) is 0 Å². The van der Waals surface area contributed by atoms with Gasteiger partial charge in [-0.1, -0.05) is 30.3 Å². The van der Waals surface area contributed by atoms with Gasteiger partial charge >= 0.3 is 5.97 Å². The van der Waals surface area contributed by atoms with Crippen molar-refractivity contribution in [1.29, 1.82) is 0 Å². The van der Waals surface area contributed by atoms with Crippen molar-refractivity contribution in [1.82, 2.24) is 5.32 Å². The molecular weight excluding hydrogens is 234 g/mol. The van der Waals surface area contributed by atoms with Crippen LogP contribution in [0.1, 0.15) is 24.5 Å². The monoisotopic (exact) mass is 251 g/mol. The van der Waals surface area contributed by atoms with E-state index in [2.05, 4.69) is 5.32 Å². The number of nitrogens with one attached hydrogen (secondary N) is 1. The number of aliphatic carboxylic acids is 1. The Morgan fingerprint density at radius 1 is 1.33 bits per heavy atom. The van der Waals surface area contributed by atoms with Gasteiger partial charge in [-0.2, -0.15) is 0 Å². The molecule has 1 atom stereocenters. The molecule has 0 bridgehead atoms. The van der Waals surface area contributed by atoms with Gasteiger partial charge in [0.05, 0.1) is 0 Å². The Labute approximate surface area is 106 Å². The van der Waals surface area contributed by atoms with Crippen LogP contribution in [0.3, 0.4) is 0 Å². The normalized spacial score (nSPS) is 11.8. The van der Waals surface area contributed by atoms with Gasteiger partial charge in [0.1, 0.15) is 0 Å². The first-order valence-electron chi connectivity index (χ1n) is 5.72. The predicted octanol–water partition coefficient (Wildman–Crippen LogP) is 1.36. The second-order valence-electron chi connectivity index (χ2n) is 3.81. The van der Waals surface area contributed by atoms with Crippen LogP contribution in [0.25, 0.3) is 0 Å². The molecule has 0 aliphatic carbocycles. The van der Waals surface area contributed by atoms with Gasteiger partial charge in [-0.25, -0.2) is 0 Å². The first kappa shape index (κ1) is 14.2. The van der Waals surface area contributed by atoms with Crippen LogP contribution in [0, 0.1) is 0 Å². The average Bonchev–Trinajstić information content (AvgIpc) is 2.36. The average molecular weight is 251 g/mol. The van der Waals surface area contributed by atoms with Crippen molar-refractivity contribution < 1.29 is 19.4 Å². The highest BCUT2D eigenvalue weighted by atomic mass is 16.5. The summed E-state index contributed by atoms with van der Waals surface area (Å²) in [7, 11) is 1.47. The molecule has 0 aliphatic rings. The predicted molar refractivity (Wildman–Crippen MR) is 66.1 cm³/mol. The van der Waals surface area contributed by atoms with Crippen LogP contribution in [-0.2, 0) is 14.3 Å². The third-order valence-electron chi connectivity index (χ3n) is 2.44.